The van der Waals surface area contributed by atoms with Crippen LogP contribution in [0.2, 0.25) is 0 Å². The van der Waals surface area contributed by atoms with E-state index in [4.69, 9.17) is 4.74 Å². The van der Waals surface area contributed by atoms with Gasteiger partial charge in [0.1, 0.15) is 5.56 Å². The van der Waals surface area contributed by atoms with Crippen LogP contribution >= 0.6 is 23.1 Å². The maximum Gasteiger partial charge on any atom is 0.343 e. The Morgan fingerprint density at radius 2 is 2.00 bits per heavy atom. The number of anilines is 2. The number of nitrogens with zero attached hydrogens (tertiary/aromatic N) is 3. The van der Waals surface area contributed by atoms with Crippen LogP contribution in [0.1, 0.15) is 17.3 Å². The van der Waals surface area contributed by atoms with Crippen LogP contribution in [0.4, 0.5) is 10.9 Å². The Kier molecular flexibility index (Phi) is 5.73. The van der Waals surface area contributed by atoms with Gasteiger partial charge in [0.05, 0.1) is 12.3 Å². The Morgan fingerprint density at radius 1 is 1.17 bits per heavy atom. The van der Waals surface area contributed by atoms with Crippen LogP contribution in [-0.4, -0.2) is 33.8 Å². The van der Waals surface area contributed by atoms with E-state index in [1.807, 2.05) is 23.8 Å². The molecular formula is C21H18N4O2S2. The van der Waals surface area contributed by atoms with Crippen LogP contribution in [0.5, 0.6) is 0 Å². The van der Waals surface area contributed by atoms with Crippen LogP contribution < -0.4 is 5.32 Å². The summed E-state index contributed by atoms with van der Waals surface area (Å²) in [5.41, 5.74) is 2.18. The molecular weight excluding hydrogens is 404 g/mol. The number of carbonyl (C=O) groups excluding carboxylic acids is 1. The van der Waals surface area contributed by atoms with E-state index in [-0.39, 0.29) is 12.2 Å². The van der Waals surface area contributed by atoms with Crippen molar-refractivity contribution in [2.75, 3.05) is 18.2 Å². The third-order valence-corrected chi connectivity index (χ3v) is 5.54. The highest BCUT2D eigenvalue weighted by Gasteiger charge is 2.17. The summed E-state index contributed by atoms with van der Waals surface area (Å²) in [7, 11) is 0. The van der Waals surface area contributed by atoms with E-state index < -0.39 is 5.97 Å². The second-order valence-electron chi connectivity index (χ2n) is 6.06. The summed E-state index contributed by atoms with van der Waals surface area (Å²) in [4.78, 5) is 25.5. The molecule has 0 radical (unpaired) electrons. The molecule has 2 heterocycles. The predicted octanol–water partition coefficient (Wildman–Crippen LogP) is 5.40. The van der Waals surface area contributed by atoms with Crippen molar-refractivity contribution in [1.29, 1.82) is 0 Å². The van der Waals surface area contributed by atoms with Gasteiger partial charge in [-0.05, 0) is 30.0 Å². The number of carbonyl (C=O) groups is 1. The number of aromatic nitrogens is 3. The maximum atomic E-state index is 12.2. The number of ether oxygens (including phenoxy) is 1. The average molecular weight is 423 g/mol. The highest BCUT2D eigenvalue weighted by molar-refractivity contribution is 7.98. The molecule has 0 bridgehead atoms. The summed E-state index contributed by atoms with van der Waals surface area (Å²) < 4.78 is 5.11. The van der Waals surface area contributed by atoms with Crippen molar-refractivity contribution in [3.8, 4) is 11.3 Å². The quantitative estimate of drug-likeness (QED) is 0.253. The molecule has 0 unspecified atom stereocenters. The van der Waals surface area contributed by atoms with Gasteiger partial charge in [0.25, 0.3) is 0 Å². The largest absolute Gasteiger partial charge is 0.462 e. The fourth-order valence-corrected chi connectivity index (χ4v) is 3.89. The summed E-state index contributed by atoms with van der Waals surface area (Å²) >= 11 is 2.85. The smallest absolute Gasteiger partial charge is 0.343 e. The lowest BCUT2D eigenvalue weighted by atomic mass is 10.1. The first-order valence-corrected chi connectivity index (χ1v) is 11.1. The Labute approximate surface area is 176 Å². The number of esters is 1. The molecule has 0 saturated heterocycles. The Morgan fingerprint density at radius 3 is 2.79 bits per heavy atom. The molecule has 29 heavy (non-hydrogen) atoms. The molecule has 0 amide bonds. The molecule has 0 atom stereocenters. The number of thiazole rings is 1. The Bertz CT molecular complexity index is 1180. The van der Waals surface area contributed by atoms with E-state index in [0.717, 1.165) is 16.6 Å². The first-order chi connectivity index (χ1) is 14.2. The molecule has 0 aliphatic rings. The third kappa shape index (κ3) is 4.23. The number of hydrogen-bond donors (Lipinski definition) is 1. The first-order valence-electron chi connectivity index (χ1n) is 8.98. The molecule has 4 rings (SSSR count). The fraction of sp³-hybridized carbons (Fsp3) is 0.143. The van der Waals surface area contributed by atoms with Crippen LogP contribution in [0.15, 0.2) is 59.2 Å². The zero-order valence-electron chi connectivity index (χ0n) is 15.9. The summed E-state index contributed by atoms with van der Waals surface area (Å²) in [5, 5.41) is 8.69. The van der Waals surface area contributed by atoms with Crippen molar-refractivity contribution in [3.05, 3.63) is 59.6 Å². The van der Waals surface area contributed by atoms with Gasteiger partial charge in [0.2, 0.25) is 0 Å². The molecule has 0 spiro atoms. The number of fused-ring (bicyclic) bond motifs is 1. The topological polar surface area (TPSA) is 77.0 Å². The zero-order chi connectivity index (χ0) is 20.2. The number of rotatable bonds is 6. The Balaban J connectivity index is 1.64. The normalized spacial score (nSPS) is 10.8. The second kappa shape index (κ2) is 8.59. The Hall–Kier alpha value is -2.97. The van der Waals surface area contributed by atoms with Crippen molar-refractivity contribution >= 4 is 50.8 Å². The summed E-state index contributed by atoms with van der Waals surface area (Å²) in [6.07, 6.45) is 3.36. The lowest BCUT2D eigenvalue weighted by molar-refractivity contribution is 0.0526. The number of hydrogen-bond acceptors (Lipinski definition) is 8. The van der Waals surface area contributed by atoms with Crippen LogP contribution in [-0.2, 0) is 4.74 Å². The van der Waals surface area contributed by atoms with Gasteiger partial charge in [0.15, 0.2) is 16.1 Å². The molecule has 1 N–H and O–H groups in total. The molecule has 6 nitrogen and oxygen atoms in total. The SMILES string of the molecule is CCOC(=O)c1cnc(SC)nc1Nc1nc(-c2ccc3ccccc3c2)cs1. The van der Waals surface area contributed by atoms with Crippen LogP contribution in [0.25, 0.3) is 22.0 Å². The average Bonchev–Trinajstić information content (AvgIpc) is 3.22. The molecule has 8 heteroatoms. The van der Waals surface area contributed by atoms with E-state index in [0.29, 0.717) is 16.1 Å². The van der Waals surface area contributed by atoms with E-state index in [9.17, 15) is 4.79 Å². The maximum absolute atomic E-state index is 12.2. The van der Waals surface area contributed by atoms with Gasteiger partial charge in [-0.25, -0.2) is 19.7 Å². The van der Waals surface area contributed by atoms with Gasteiger partial charge in [-0.2, -0.15) is 0 Å². The molecule has 2 aromatic carbocycles. The minimum absolute atomic E-state index is 0.284. The van der Waals surface area contributed by atoms with Crippen molar-refractivity contribution in [1.82, 2.24) is 15.0 Å². The van der Waals surface area contributed by atoms with Crippen molar-refractivity contribution in [2.45, 2.75) is 12.1 Å². The lowest BCUT2D eigenvalue weighted by Crippen LogP contribution is -2.10. The van der Waals surface area contributed by atoms with Gasteiger partial charge < -0.3 is 10.1 Å². The standard InChI is InChI=1S/C21H18N4O2S2/c1-3-27-19(26)16-11-22-20(28-2)24-18(16)25-21-23-17(12-29-21)15-9-8-13-6-4-5-7-14(13)10-15/h4-12H,3H2,1-2H3,(H,22,23,24,25). The van der Waals surface area contributed by atoms with Crippen molar-refractivity contribution < 1.29 is 9.53 Å². The highest BCUT2D eigenvalue weighted by atomic mass is 32.2. The van der Waals surface area contributed by atoms with Crippen molar-refractivity contribution in [2.24, 2.45) is 0 Å². The van der Waals surface area contributed by atoms with Crippen molar-refractivity contribution in [3.63, 3.8) is 0 Å². The van der Waals surface area contributed by atoms with E-state index in [2.05, 4.69) is 50.6 Å². The van der Waals surface area contributed by atoms with Gasteiger partial charge in [-0.3, -0.25) is 0 Å². The number of nitrogens with one attached hydrogen (secondary N) is 1. The number of thioether (sulfide) groups is 1. The van der Waals surface area contributed by atoms with E-state index >= 15 is 0 Å². The monoisotopic (exact) mass is 422 g/mol. The zero-order valence-corrected chi connectivity index (χ0v) is 17.5. The minimum atomic E-state index is -0.464. The molecule has 0 fully saturated rings. The third-order valence-electron chi connectivity index (χ3n) is 4.22. The van der Waals surface area contributed by atoms with Gasteiger partial charge >= 0.3 is 5.97 Å². The predicted molar refractivity (Wildman–Crippen MR) is 118 cm³/mol. The van der Waals surface area contributed by atoms with E-state index in [1.54, 1.807) is 6.92 Å². The first kappa shape index (κ1) is 19.4. The van der Waals surface area contributed by atoms with Gasteiger partial charge in [0, 0.05) is 17.1 Å². The molecule has 146 valence electrons. The lowest BCUT2D eigenvalue weighted by Gasteiger charge is -2.09. The molecule has 2 aromatic heterocycles. The highest BCUT2D eigenvalue weighted by Crippen LogP contribution is 2.30. The summed E-state index contributed by atoms with van der Waals surface area (Å²) in [6.45, 7) is 2.05. The van der Waals surface area contributed by atoms with Crippen LogP contribution in [0.3, 0.4) is 0 Å². The van der Waals surface area contributed by atoms with Gasteiger partial charge in [-0.15, -0.1) is 11.3 Å². The fourth-order valence-electron chi connectivity index (χ4n) is 2.83. The minimum Gasteiger partial charge on any atom is -0.462 e. The summed E-state index contributed by atoms with van der Waals surface area (Å²) in [6, 6.07) is 14.5. The molecule has 4 aromatic rings. The van der Waals surface area contributed by atoms with Gasteiger partial charge in [-0.1, -0.05) is 48.2 Å². The molecule has 0 saturated carbocycles. The number of benzene rings is 2. The molecule has 0 aliphatic carbocycles. The van der Waals surface area contributed by atoms with E-state index in [1.165, 1.54) is 34.7 Å². The van der Waals surface area contributed by atoms with Crippen LogP contribution in [0, 0.1) is 0 Å². The second-order valence-corrected chi connectivity index (χ2v) is 7.70. The molecule has 0 aliphatic heterocycles. The summed E-state index contributed by atoms with van der Waals surface area (Å²) in [5.74, 6) is -0.0730.